The molecule has 0 spiro atoms. The maximum Gasteiger partial charge on any atom is 0.220 e. The number of nitrogens with one attached hydrogen (secondary N) is 2. The topological polar surface area (TPSA) is 54.1 Å². The lowest BCUT2D eigenvalue weighted by Gasteiger charge is -2.18. The monoisotopic (exact) mass is 350 g/mol. The number of amides is 1. The molecule has 0 radical (unpaired) electrons. The first-order valence-corrected chi connectivity index (χ1v) is 9.07. The fourth-order valence-corrected chi connectivity index (χ4v) is 3.36. The Morgan fingerprint density at radius 3 is 2.85 bits per heavy atom. The Morgan fingerprint density at radius 1 is 1.23 bits per heavy atom. The molecule has 1 aromatic heterocycles. The van der Waals surface area contributed by atoms with Crippen LogP contribution in [-0.4, -0.2) is 18.0 Å². The fraction of sp³-hybridized carbons (Fsp3) is 0.318. The van der Waals surface area contributed by atoms with Crippen LogP contribution >= 0.6 is 0 Å². The molecule has 1 amide bonds. The van der Waals surface area contributed by atoms with Crippen molar-refractivity contribution in [3.63, 3.8) is 0 Å². The van der Waals surface area contributed by atoms with Crippen LogP contribution in [0.15, 0.2) is 48.7 Å². The lowest BCUT2D eigenvalue weighted by Crippen LogP contribution is -2.26. The van der Waals surface area contributed by atoms with E-state index in [1.807, 2.05) is 44.3 Å². The highest BCUT2D eigenvalue weighted by Crippen LogP contribution is 2.26. The molecule has 2 aromatic carbocycles. The van der Waals surface area contributed by atoms with E-state index >= 15 is 0 Å². The lowest BCUT2D eigenvalue weighted by atomic mass is 10.0. The first-order chi connectivity index (χ1) is 12.6. The highest BCUT2D eigenvalue weighted by molar-refractivity contribution is 5.83. The summed E-state index contributed by atoms with van der Waals surface area (Å²) in [6, 6.07) is 14.2. The molecule has 4 nitrogen and oxygen atoms in total. The van der Waals surface area contributed by atoms with Crippen molar-refractivity contribution in [3.8, 4) is 5.75 Å². The van der Waals surface area contributed by atoms with Crippen LogP contribution in [0.25, 0.3) is 10.9 Å². The van der Waals surface area contributed by atoms with Gasteiger partial charge in [-0.3, -0.25) is 4.79 Å². The van der Waals surface area contributed by atoms with E-state index in [1.165, 1.54) is 10.9 Å². The molecule has 0 aliphatic carbocycles. The number of fused-ring (bicyclic) bond motifs is 1. The van der Waals surface area contributed by atoms with E-state index < -0.39 is 0 Å². The second-order valence-corrected chi connectivity index (χ2v) is 6.75. The number of methoxy groups -OCH3 is 1. The second-order valence-electron chi connectivity index (χ2n) is 6.75. The zero-order valence-electron chi connectivity index (χ0n) is 15.6. The Bertz CT molecular complexity index is 898. The number of para-hydroxylation sites is 1. The van der Waals surface area contributed by atoms with Gasteiger partial charge in [0.25, 0.3) is 0 Å². The van der Waals surface area contributed by atoms with Crippen LogP contribution in [0, 0.1) is 6.92 Å². The molecular formula is C22H26N2O2. The SMILES string of the molecule is COc1ccc(C)cc1C(C)NC(=O)CCCc1c[nH]c2ccccc12. The first kappa shape index (κ1) is 18.1. The van der Waals surface area contributed by atoms with E-state index in [1.54, 1.807) is 7.11 Å². The lowest BCUT2D eigenvalue weighted by molar-refractivity contribution is -0.121. The predicted octanol–water partition coefficient (Wildman–Crippen LogP) is 4.69. The molecule has 0 aliphatic heterocycles. The van der Waals surface area contributed by atoms with Crippen molar-refractivity contribution >= 4 is 16.8 Å². The molecule has 136 valence electrons. The Balaban J connectivity index is 1.55. The van der Waals surface area contributed by atoms with Crippen LogP contribution < -0.4 is 10.1 Å². The van der Waals surface area contributed by atoms with Gasteiger partial charge in [0.2, 0.25) is 5.91 Å². The average molecular weight is 350 g/mol. The second kappa shape index (κ2) is 8.09. The summed E-state index contributed by atoms with van der Waals surface area (Å²) in [7, 11) is 1.66. The van der Waals surface area contributed by atoms with Gasteiger partial charge in [-0.25, -0.2) is 0 Å². The van der Waals surface area contributed by atoms with Crippen molar-refractivity contribution in [2.45, 2.75) is 39.2 Å². The van der Waals surface area contributed by atoms with Gasteiger partial charge in [0, 0.05) is 29.1 Å². The maximum absolute atomic E-state index is 12.3. The molecule has 0 saturated carbocycles. The molecule has 1 heterocycles. The largest absolute Gasteiger partial charge is 0.496 e. The van der Waals surface area contributed by atoms with Gasteiger partial charge in [-0.1, -0.05) is 35.9 Å². The van der Waals surface area contributed by atoms with Crippen molar-refractivity contribution in [3.05, 3.63) is 65.4 Å². The Morgan fingerprint density at radius 2 is 2.04 bits per heavy atom. The molecule has 26 heavy (non-hydrogen) atoms. The number of aromatic nitrogens is 1. The molecule has 1 atom stereocenters. The van der Waals surface area contributed by atoms with Crippen LogP contribution in [0.5, 0.6) is 5.75 Å². The number of aromatic amines is 1. The summed E-state index contributed by atoms with van der Waals surface area (Å²) < 4.78 is 5.42. The van der Waals surface area contributed by atoms with Gasteiger partial charge in [-0.15, -0.1) is 0 Å². The summed E-state index contributed by atoms with van der Waals surface area (Å²) in [6.07, 6.45) is 4.27. The molecule has 3 rings (SSSR count). The number of hydrogen-bond acceptors (Lipinski definition) is 2. The quantitative estimate of drug-likeness (QED) is 0.650. The average Bonchev–Trinajstić information content (AvgIpc) is 3.05. The van der Waals surface area contributed by atoms with Crippen LogP contribution in [0.1, 0.15) is 42.5 Å². The molecule has 0 fully saturated rings. The number of benzene rings is 2. The van der Waals surface area contributed by atoms with Crippen LogP contribution in [0.4, 0.5) is 0 Å². The maximum atomic E-state index is 12.3. The van der Waals surface area contributed by atoms with Gasteiger partial charge >= 0.3 is 0 Å². The molecular weight excluding hydrogens is 324 g/mol. The minimum atomic E-state index is -0.0783. The molecule has 1 unspecified atom stereocenters. The van der Waals surface area contributed by atoms with Gasteiger partial charge in [0.1, 0.15) is 5.75 Å². The number of carbonyl (C=O) groups is 1. The number of H-pyrrole nitrogens is 1. The van der Waals surface area contributed by atoms with E-state index in [4.69, 9.17) is 4.74 Å². The number of ether oxygens (including phenoxy) is 1. The summed E-state index contributed by atoms with van der Waals surface area (Å²) >= 11 is 0. The summed E-state index contributed by atoms with van der Waals surface area (Å²) in [4.78, 5) is 15.6. The first-order valence-electron chi connectivity index (χ1n) is 9.07. The van der Waals surface area contributed by atoms with Crippen molar-refractivity contribution in [1.82, 2.24) is 10.3 Å². The fourth-order valence-electron chi connectivity index (χ4n) is 3.36. The molecule has 2 N–H and O–H groups in total. The van der Waals surface area contributed by atoms with Crippen LogP contribution in [0.3, 0.4) is 0 Å². The molecule has 0 bridgehead atoms. The smallest absolute Gasteiger partial charge is 0.220 e. The third-order valence-electron chi connectivity index (χ3n) is 4.75. The van der Waals surface area contributed by atoms with Gasteiger partial charge < -0.3 is 15.0 Å². The minimum absolute atomic E-state index is 0.0703. The zero-order valence-corrected chi connectivity index (χ0v) is 15.6. The molecule has 0 saturated heterocycles. The van der Waals surface area contributed by atoms with Gasteiger partial charge in [0.15, 0.2) is 0 Å². The van der Waals surface area contributed by atoms with Crippen molar-refractivity contribution in [2.24, 2.45) is 0 Å². The Kier molecular flexibility index (Phi) is 5.61. The van der Waals surface area contributed by atoms with Gasteiger partial charge in [0.05, 0.1) is 13.2 Å². The summed E-state index contributed by atoms with van der Waals surface area (Å²) in [5.41, 5.74) is 4.58. The molecule has 4 heteroatoms. The standard InChI is InChI=1S/C22H26N2O2/c1-15-11-12-21(26-3)19(13-15)16(2)24-22(25)10-6-7-17-14-23-20-9-5-4-8-18(17)20/h4-5,8-9,11-14,16,23H,6-7,10H2,1-3H3,(H,24,25). The zero-order chi connectivity index (χ0) is 18.5. The Hall–Kier alpha value is -2.75. The van der Waals surface area contributed by atoms with E-state index in [9.17, 15) is 4.79 Å². The van der Waals surface area contributed by atoms with E-state index in [2.05, 4.69) is 28.5 Å². The number of aryl methyl sites for hydroxylation is 2. The van der Waals surface area contributed by atoms with Crippen LogP contribution in [0.2, 0.25) is 0 Å². The van der Waals surface area contributed by atoms with Crippen molar-refractivity contribution in [1.29, 1.82) is 0 Å². The minimum Gasteiger partial charge on any atom is -0.496 e. The number of carbonyl (C=O) groups excluding carboxylic acids is 1. The third-order valence-corrected chi connectivity index (χ3v) is 4.75. The van der Waals surface area contributed by atoms with Crippen molar-refractivity contribution in [2.75, 3.05) is 7.11 Å². The molecule has 3 aromatic rings. The normalized spacial score (nSPS) is 12.1. The predicted molar refractivity (Wildman–Crippen MR) is 106 cm³/mol. The summed E-state index contributed by atoms with van der Waals surface area (Å²) in [5.74, 6) is 0.878. The van der Waals surface area contributed by atoms with E-state index in [-0.39, 0.29) is 11.9 Å². The highest BCUT2D eigenvalue weighted by atomic mass is 16.5. The Labute approximate surface area is 154 Å². The van der Waals surface area contributed by atoms with E-state index in [0.717, 1.165) is 35.2 Å². The third kappa shape index (κ3) is 4.07. The molecule has 0 aliphatic rings. The number of hydrogen-bond donors (Lipinski definition) is 2. The van der Waals surface area contributed by atoms with Gasteiger partial charge in [-0.2, -0.15) is 0 Å². The highest BCUT2D eigenvalue weighted by Gasteiger charge is 2.14. The summed E-state index contributed by atoms with van der Waals surface area (Å²) in [6.45, 7) is 4.04. The number of rotatable bonds is 7. The van der Waals surface area contributed by atoms with Crippen LogP contribution in [-0.2, 0) is 11.2 Å². The van der Waals surface area contributed by atoms with Crippen molar-refractivity contribution < 1.29 is 9.53 Å². The summed E-state index contributed by atoms with van der Waals surface area (Å²) in [5, 5.41) is 4.33. The van der Waals surface area contributed by atoms with E-state index in [0.29, 0.717) is 6.42 Å². The van der Waals surface area contributed by atoms with Gasteiger partial charge in [-0.05, 0) is 44.4 Å².